The van der Waals surface area contributed by atoms with Crippen molar-refractivity contribution in [2.75, 3.05) is 0 Å². The van der Waals surface area contributed by atoms with Crippen molar-refractivity contribution in [2.45, 2.75) is 0 Å². The highest BCUT2D eigenvalue weighted by Crippen LogP contribution is 2.42. The Hall–Kier alpha value is -6.13. The van der Waals surface area contributed by atoms with Gasteiger partial charge in [-0.05, 0) is 57.4 Å². The molecule has 0 aliphatic rings. The third-order valence-corrected chi connectivity index (χ3v) is 8.49. The van der Waals surface area contributed by atoms with Gasteiger partial charge in [-0.1, -0.05) is 121 Å². The molecule has 0 amide bonds. The van der Waals surface area contributed by atoms with Gasteiger partial charge in [0.25, 0.3) is 0 Å². The average molecular weight is 576 g/mol. The van der Waals surface area contributed by atoms with Crippen molar-refractivity contribution in [3.8, 4) is 45.3 Å². The molecule has 9 aromatic rings. The van der Waals surface area contributed by atoms with Crippen molar-refractivity contribution in [1.29, 1.82) is 0 Å². The van der Waals surface area contributed by atoms with Crippen LogP contribution in [0.2, 0.25) is 0 Å². The Bertz CT molecular complexity index is 2540. The molecule has 9 rings (SSSR count). The Morgan fingerprint density at radius 2 is 0.933 bits per heavy atom. The number of furan rings is 1. The van der Waals surface area contributed by atoms with Crippen molar-refractivity contribution in [2.24, 2.45) is 0 Å². The third kappa shape index (κ3) is 4.35. The number of aromatic nitrogens is 3. The van der Waals surface area contributed by atoms with Crippen LogP contribution in [-0.4, -0.2) is 15.0 Å². The van der Waals surface area contributed by atoms with E-state index >= 15 is 0 Å². The van der Waals surface area contributed by atoms with E-state index in [0.717, 1.165) is 65.9 Å². The lowest BCUT2D eigenvalue weighted by Crippen LogP contribution is -2.00. The molecule has 210 valence electrons. The van der Waals surface area contributed by atoms with Crippen LogP contribution < -0.4 is 0 Å². The maximum absolute atomic E-state index is 6.72. The molecule has 0 saturated heterocycles. The number of hydrogen-bond donors (Lipinski definition) is 0. The van der Waals surface area contributed by atoms with Crippen molar-refractivity contribution in [1.82, 2.24) is 15.0 Å². The van der Waals surface area contributed by atoms with Crippen LogP contribution in [0.5, 0.6) is 0 Å². The molecule has 0 bridgehead atoms. The van der Waals surface area contributed by atoms with Crippen molar-refractivity contribution >= 4 is 43.5 Å². The van der Waals surface area contributed by atoms with E-state index in [1.54, 1.807) is 0 Å². The molecule has 2 heterocycles. The van der Waals surface area contributed by atoms with Crippen LogP contribution in [-0.2, 0) is 0 Å². The van der Waals surface area contributed by atoms with Crippen LogP contribution in [0.4, 0.5) is 0 Å². The van der Waals surface area contributed by atoms with Gasteiger partial charge in [-0.3, -0.25) is 0 Å². The van der Waals surface area contributed by atoms with E-state index in [9.17, 15) is 0 Å². The van der Waals surface area contributed by atoms with Crippen LogP contribution in [0.15, 0.2) is 156 Å². The first-order valence-corrected chi connectivity index (χ1v) is 15.0. The second kappa shape index (κ2) is 10.2. The molecule has 0 unspecified atom stereocenters. The lowest BCUT2D eigenvalue weighted by molar-refractivity contribution is 0.670. The molecular weight excluding hydrogens is 550 g/mol. The molecule has 0 saturated carbocycles. The van der Waals surface area contributed by atoms with Gasteiger partial charge in [0.1, 0.15) is 11.2 Å². The lowest BCUT2D eigenvalue weighted by Gasteiger charge is -2.11. The van der Waals surface area contributed by atoms with Gasteiger partial charge < -0.3 is 4.42 Å². The van der Waals surface area contributed by atoms with E-state index in [4.69, 9.17) is 19.4 Å². The highest BCUT2D eigenvalue weighted by Gasteiger charge is 2.21. The Kier molecular flexibility index (Phi) is 5.78. The normalized spacial score (nSPS) is 11.6. The Balaban J connectivity index is 1.35. The number of rotatable bonds is 4. The molecule has 0 aliphatic heterocycles. The minimum Gasteiger partial charge on any atom is -0.455 e. The van der Waals surface area contributed by atoms with Crippen molar-refractivity contribution in [3.05, 3.63) is 152 Å². The maximum Gasteiger partial charge on any atom is 0.164 e. The number of benzene rings is 7. The van der Waals surface area contributed by atoms with E-state index < -0.39 is 0 Å². The van der Waals surface area contributed by atoms with Crippen LogP contribution in [0.3, 0.4) is 0 Å². The molecule has 4 nitrogen and oxygen atoms in total. The zero-order valence-electron chi connectivity index (χ0n) is 24.2. The summed E-state index contributed by atoms with van der Waals surface area (Å²) in [4.78, 5) is 15.2. The molecule has 0 fully saturated rings. The molecule has 0 spiro atoms. The fraction of sp³-hybridized carbons (Fsp3) is 0. The molecule has 0 N–H and O–H groups in total. The van der Waals surface area contributed by atoms with E-state index in [0.29, 0.717) is 17.5 Å². The van der Waals surface area contributed by atoms with E-state index in [1.165, 1.54) is 5.39 Å². The standard InChI is InChI=1S/C41H25N3O/c1-3-12-27(13-4-1)33-21-22-34(37-35-24-30-17-9-10-18-31(30)25-36(35)45-38(33)37)41-43-39(28-14-5-2-6-15-28)42-40(44-41)32-20-19-26-11-7-8-16-29(26)23-32/h1-25H. The fourth-order valence-electron chi connectivity index (χ4n) is 6.27. The van der Waals surface area contributed by atoms with Gasteiger partial charge in [-0.2, -0.15) is 0 Å². The van der Waals surface area contributed by atoms with Gasteiger partial charge in [0.05, 0.1) is 0 Å². The highest BCUT2D eigenvalue weighted by atomic mass is 16.3. The predicted molar refractivity (Wildman–Crippen MR) is 184 cm³/mol. The molecule has 45 heavy (non-hydrogen) atoms. The van der Waals surface area contributed by atoms with Gasteiger partial charge in [0.2, 0.25) is 0 Å². The Morgan fingerprint density at radius 1 is 0.378 bits per heavy atom. The average Bonchev–Trinajstić information content (AvgIpc) is 3.49. The van der Waals surface area contributed by atoms with E-state index in [1.807, 2.05) is 36.4 Å². The first kappa shape index (κ1) is 25.4. The molecule has 0 aliphatic carbocycles. The van der Waals surface area contributed by atoms with Gasteiger partial charge in [-0.25, -0.2) is 15.0 Å². The minimum atomic E-state index is 0.604. The molecule has 7 aromatic carbocycles. The quantitative estimate of drug-likeness (QED) is 0.209. The molecule has 2 aromatic heterocycles. The smallest absolute Gasteiger partial charge is 0.164 e. The fourth-order valence-corrected chi connectivity index (χ4v) is 6.27. The minimum absolute atomic E-state index is 0.604. The van der Waals surface area contributed by atoms with Crippen molar-refractivity contribution < 1.29 is 4.42 Å². The predicted octanol–water partition coefficient (Wildman–Crippen LogP) is 10.7. The zero-order chi connectivity index (χ0) is 29.7. The first-order chi connectivity index (χ1) is 22.3. The van der Waals surface area contributed by atoms with Crippen LogP contribution in [0, 0.1) is 0 Å². The zero-order valence-corrected chi connectivity index (χ0v) is 24.2. The largest absolute Gasteiger partial charge is 0.455 e. The molecule has 0 atom stereocenters. The maximum atomic E-state index is 6.72. The summed E-state index contributed by atoms with van der Waals surface area (Å²) in [5.41, 5.74) is 6.55. The topological polar surface area (TPSA) is 51.8 Å². The Labute approximate surface area is 259 Å². The number of hydrogen-bond acceptors (Lipinski definition) is 4. The first-order valence-electron chi connectivity index (χ1n) is 15.0. The molecular formula is C41H25N3O. The van der Waals surface area contributed by atoms with E-state index in [2.05, 4.69) is 115 Å². The van der Waals surface area contributed by atoms with Crippen LogP contribution in [0.25, 0.3) is 88.8 Å². The summed E-state index contributed by atoms with van der Waals surface area (Å²) in [5, 5.41) is 6.63. The van der Waals surface area contributed by atoms with Crippen LogP contribution >= 0.6 is 0 Å². The highest BCUT2D eigenvalue weighted by molar-refractivity contribution is 6.18. The summed E-state index contributed by atoms with van der Waals surface area (Å²) in [6, 6.07) is 52.2. The second-order valence-corrected chi connectivity index (χ2v) is 11.3. The summed E-state index contributed by atoms with van der Waals surface area (Å²) in [7, 11) is 0. The van der Waals surface area contributed by atoms with Gasteiger partial charge in [-0.15, -0.1) is 0 Å². The molecule has 4 heteroatoms. The number of nitrogens with zero attached hydrogens (tertiary/aromatic N) is 3. The van der Waals surface area contributed by atoms with Crippen LogP contribution in [0.1, 0.15) is 0 Å². The van der Waals surface area contributed by atoms with Gasteiger partial charge in [0.15, 0.2) is 17.5 Å². The summed E-state index contributed by atoms with van der Waals surface area (Å²) in [5.74, 6) is 1.86. The lowest BCUT2D eigenvalue weighted by atomic mass is 9.97. The SMILES string of the molecule is c1ccc(-c2nc(-c3ccc4ccccc4c3)nc(-c3ccc(-c4ccccc4)c4oc5cc6ccccc6cc5c34)n2)cc1. The summed E-state index contributed by atoms with van der Waals surface area (Å²) >= 11 is 0. The Morgan fingerprint density at radius 3 is 1.67 bits per heavy atom. The van der Waals surface area contributed by atoms with Crippen molar-refractivity contribution in [3.63, 3.8) is 0 Å². The monoisotopic (exact) mass is 575 g/mol. The van der Waals surface area contributed by atoms with Gasteiger partial charge in [0, 0.05) is 33.0 Å². The third-order valence-electron chi connectivity index (χ3n) is 8.49. The number of fused-ring (bicyclic) bond motifs is 5. The summed E-state index contributed by atoms with van der Waals surface area (Å²) in [6.07, 6.45) is 0. The summed E-state index contributed by atoms with van der Waals surface area (Å²) in [6.45, 7) is 0. The second-order valence-electron chi connectivity index (χ2n) is 11.3. The summed E-state index contributed by atoms with van der Waals surface area (Å²) < 4.78 is 6.72. The molecule has 0 radical (unpaired) electrons. The van der Waals surface area contributed by atoms with Gasteiger partial charge >= 0.3 is 0 Å². The van der Waals surface area contributed by atoms with E-state index in [-0.39, 0.29) is 0 Å².